The van der Waals surface area contributed by atoms with Crippen LogP contribution in [0.4, 0.5) is 10.1 Å². The third-order valence-electron chi connectivity index (χ3n) is 2.18. The highest BCUT2D eigenvalue weighted by atomic mass is 32.2. The molecule has 0 amide bonds. The highest BCUT2D eigenvalue weighted by Gasteiger charge is 2.12. The minimum absolute atomic E-state index is 0.00678. The summed E-state index contributed by atoms with van der Waals surface area (Å²) in [5, 5.41) is 8.97. The second-order valence-electron chi connectivity index (χ2n) is 4.27. The number of hydrogen-bond donors (Lipinski definition) is 2. The molecule has 4 nitrogen and oxygen atoms in total. The fourth-order valence-electron chi connectivity index (χ4n) is 1.19. The number of anilines is 1. The molecule has 17 heavy (non-hydrogen) atoms. The Morgan fingerprint density at radius 1 is 1.41 bits per heavy atom. The second kappa shape index (κ2) is 5.35. The van der Waals surface area contributed by atoms with E-state index in [1.165, 1.54) is 6.07 Å². The Morgan fingerprint density at radius 3 is 2.59 bits per heavy atom. The highest BCUT2D eigenvalue weighted by Crippen LogP contribution is 2.20. The summed E-state index contributed by atoms with van der Waals surface area (Å²) in [6, 6.07) is 3.36. The van der Waals surface area contributed by atoms with Crippen LogP contribution in [0.25, 0.3) is 0 Å². The van der Waals surface area contributed by atoms with Crippen LogP contribution in [-0.4, -0.2) is 19.3 Å². The molecule has 2 N–H and O–H groups in total. The van der Waals surface area contributed by atoms with Gasteiger partial charge in [-0.05, 0) is 24.5 Å². The summed E-state index contributed by atoms with van der Waals surface area (Å²) < 4.78 is 38.5. The number of rotatable bonds is 5. The number of sulfonamides is 1. The molecule has 0 spiro atoms. The Labute approximate surface area is 101 Å². The molecule has 96 valence electrons. The molecule has 0 unspecified atom stereocenters. The quantitative estimate of drug-likeness (QED) is 0.799. The van der Waals surface area contributed by atoms with Crippen LogP contribution in [0.15, 0.2) is 18.2 Å². The van der Waals surface area contributed by atoms with Gasteiger partial charge in [0.15, 0.2) is 11.6 Å². The summed E-state index contributed by atoms with van der Waals surface area (Å²) in [6.07, 6.45) is 0.538. The van der Waals surface area contributed by atoms with Gasteiger partial charge in [0.1, 0.15) is 0 Å². The Bertz CT molecular complexity index is 485. The monoisotopic (exact) mass is 261 g/mol. The molecule has 0 aliphatic carbocycles. The normalized spacial score (nSPS) is 11.8. The van der Waals surface area contributed by atoms with Crippen molar-refractivity contribution >= 4 is 15.7 Å². The zero-order chi connectivity index (χ0) is 13.1. The number of benzene rings is 1. The second-order valence-corrected chi connectivity index (χ2v) is 6.11. The zero-order valence-corrected chi connectivity index (χ0v) is 10.6. The summed E-state index contributed by atoms with van der Waals surface area (Å²) in [7, 11) is -3.46. The van der Waals surface area contributed by atoms with Crippen LogP contribution in [0.5, 0.6) is 5.75 Å². The summed E-state index contributed by atoms with van der Waals surface area (Å²) in [6.45, 7) is 3.85. The molecule has 1 aromatic carbocycles. The van der Waals surface area contributed by atoms with Gasteiger partial charge in [-0.15, -0.1) is 0 Å². The zero-order valence-electron chi connectivity index (χ0n) is 9.77. The molecular weight excluding hydrogens is 245 g/mol. The maximum atomic E-state index is 13.0. The minimum atomic E-state index is -3.46. The van der Waals surface area contributed by atoms with Gasteiger partial charge in [0, 0.05) is 6.07 Å². The van der Waals surface area contributed by atoms with Gasteiger partial charge in [0.25, 0.3) is 0 Å². The van der Waals surface area contributed by atoms with Crippen molar-refractivity contribution < 1.29 is 17.9 Å². The van der Waals surface area contributed by atoms with E-state index >= 15 is 0 Å². The van der Waals surface area contributed by atoms with E-state index in [0.717, 1.165) is 12.1 Å². The fraction of sp³-hybridized carbons (Fsp3) is 0.455. The first-order chi connectivity index (χ1) is 7.80. The van der Waals surface area contributed by atoms with E-state index in [-0.39, 0.29) is 17.4 Å². The Balaban J connectivity index is 2.73. The number of aromatic hydroxyl groups is 1. The van der Waals surface area contributed by atoms with Crippen molar-refractivity contribution in [2.45, 2.75) is 20.3 Å². The van der Waals surface area contributed by atoms with Gasteiger partial charge in [0.05, 0.1) is 11.4 Å². The summed E-state index contributed by atoms with van der Waals surface area (Å²) >= 11 is 0. The standard InChI is InChI=1S/C11H16FNO3S/c1-8(2)5-6-17(15,16)13-9-3-4-11(14)10(12)7-9/h3-4,7-8,13-14H,5-6H2,1-2H3. The SMILES string of the molecule is CC(C)CCS(=O)(=O)Nc1ccc(O)c(F)c1. The lowest BCUT2D eigenvalue weighted by Crippen LogP contribution is -2.17. The highest BCUT2D eigenvalue weighted by molar-refractivity contribution is 7.92. The summed E-state index contributed by atoms with van der Waals surface area (Å²) in [5.41, 5.74) is 0.115. The molecule has 1 aromatic rings. The van der Waals surface area contributed by atoms with E-state index in [4.69, 9.17) is 5.11 Å². The molecule has 0 heterocycles. The number of phenolic OH excluding ortho intramolecular Hbond substituents is 1. The first kappa shape index (κ1) is 13.8. The smallest absolute Gasteiger partial charge is 0.232 e. The predicted octanol–water partition coefficient (Wildman–Crippen LogP) is 2.32. The van der Waals surface area contributed by atoms with Crippen LogP contribution in [0, 0.1) is 11.7 Å². The van der Waals surface area contributed by atoms with Gasteiger partial charge in [-0.1, -0.05) is 13.8 Å². The largest absolute Gasteiger partial charge is 0.505 e. The predicted molar refractivity (Wildman–Crippen MR) is 64.9 cm³/mol. The van der Waals surface area contributed by atoms with Crippen molar-refractivity contribution in [2.24, 2.45) is 5.92 Å². The molecular formula is C11H16FNO3S. The van der Waals surface area contributed by atoms with Gasteiger partial charge in [0.2, 0.25) is 10.0 Å². The van der Waals surface area contributed by atoms with Crippen molar-refractivity contribution in [3.63, 3.8) is 0 Å². The summed E-state index contributed by atoms with van der Waals surface area (Å²) in [5.74, 6) is -1.08. The van der Waals surface area contributed by atoms with Crippen LogP contribution >= 0.6 is 0 Å². The molecule has 6 heteroatoms. The fourth-order valence-corrected chi connectivity index (χ4v) is 2.56. The molecule has 1 rings (SSSR count). The lowest BCUT2D eigenvalue weighted by atomic mass is 10.2. The van der Waals surface area contributed by atoms with Crippen molar-refractivity contribution in [3.8, 4) is 5.75 Å². The molecule has 0 radical (unpaired) electrons. The van der Waals surface area contributed by atoms with E-state index in [9.17, 15) is 12.8 Å². The van der Waals surface area contributed by atoms with Gasteiger partial charge in [-0.2, -0.15) is 0 Å². The number of halogens is 1. The molecule has 0 fully saturated rings. The lowest BCUT2D eigenvalue weighted by molar-refractivity contribution is 0.432. The summed E-state index contributed by atoms with van der Waals surface area (Å²) in [4.78, 5) is 0. The van der Waals surface area contributed by atoms with E-state index in [0.29, 0.717) is 6.42 Å². The Morgan fingerprint density at radius 2 is 2.06 bits per heavy atom. The first-order valence-electron chi connectivity index (χ1n) is 5.29. The Kier molecular flexibility index (Phi) is 4.34. The van der Waals surface area contributed by atoms with Crippen LogP contribution in [0.3, 0.4) is 0 Å². The van der Waals surface area contributed by atoms with Gasteiger partial charge >= 0.3 is 0 Å². The van der Waals surface area contributed by atoms with E-state index in [2.05, 4.69) is 4.72 Å². The number of hydrogen-bond acceptors (Lipinski definition) is 3. The molecule has 0 aromatic heterocycles. The third kappa shape index (κ3) is 4.60. The van der Waals surface area contributed by atoms with Crippen LogP contribution in [0.2, 0.25) is 0 Å². The maximum absolute atomic E-state index is 13.0. The van der Waals surface area contributed by atoms with Gasteiger partial charge in [-0.3, -0.25) is 4.72 Å². The van der Waals surface area contributed by atoms with Crippen molar-refractivity contribution in [3.05, 3.63) is 24.0 Å². The maximum Gasteiger partial charge on any atom is 0.232 e. The van der Waals surface area contributed by atoms with Crippen molar-refractivity contribution in [2.75, 3.05) is 10.5 Å². The number of phenols is 1. The van der Waals surface area contributed by atoms with Gasteiger partial charge < -0.3 is 5.11 Å². The first-order valence-corrected chi connectivity index (χ1v) is 6.94. The van der Waals surface area contributed by atoms with E-state index < -0.39 is 21.6 Å². The molecule has 0 saturated carbocycles. The van der Waals surface area contributed by atoms with E-state index in [1.807, 2.05) is 13.8 Å². The number of nitrogens with one attached hydrogen (secondary N) is 1. The Hall–Kier alpha value is -1.30. The van der Waals surface area contributed by atoms with Crippen LogP contribution in [-0.2, 0) is 10.0 Å². The average molecular weight is 261 g/mol. The minimum Gasteiger partial charge on any atom is -0.505 e. The van der Waals surface area contributed by atoms with E-state index in [1.54, 1.807) is 0 Å². The molecule has 0 saturated heterocycles. The van der Waals surface area contributed by atoms with Crippen molar-refractivity contribution in [1.29, 1.82) is 0 Å². The van der Waals surface area contributed by atoms with Crippen LogP contribution < -0.4 is 4.72 Å². The average Bonchev–Trinajstić information content (AvgIpc) is 2.21. The topological polar surface area (TPSA) is 66.4 Å². The van der Waals surface area contributed by atoms with Crippen molar-refractivity contribution in [1.82, 2.24) is 0 Å². The molecule has 0 aliphatic heterocycles. The molecule has 0 atom stereocenters. The third-order valence-corrected chi connectivity index (χ3v) is 3.50. The lowest BCUT2D eigenvalue weighted by Gasteiger charge is -2.09. The molecule has 0 aliphatic rings. The molecule has 0 bridgehead atoms. The van der Waals surface area contributed by atoms with Crippen LogP contribution in [0.1, 0.15) is 20.3 Å². The van der Waals surface area contributed by atoms with Gasteiger partial charge in [-0.25, -0.2) is 12.8 Å².